The van der Waals surface area contributed by atoms with Gasteiger partial charge in [-0.1, -0.05) is 77.5 Å². The van der Waals surface area contributed by atoms with E-state index in [0.29, 0.717) is 31.6 Å². The lowest BCUT2D eigenvalue weighted by atomic mass is 10.1. The molecule has 0 radical (unpaired) electrons. The molecule has 1 aliphatic rings. The molecule has 2 aromatic carbocycles. The van der Waals surface area contributed by atoms with E-state index in [4.69, 9.17) is 40.2 Å². The van der Waals surface area contributed by atoms with E-state index in [1.54, 1.807) is 24.3 Å². The third-order valence-electron chi connectivity index (χ3n) is 3.79. The first-order chi connectivity index (χ1) is 13.0. The number of benzene rings is 2. The average Bonchev–Trinajstić information content (AvgIpc) is 2.90. The molecule has 3 nitrogen and oxygen atoms in total. The molecule has 0 N–H and O–H groups in total. The summed E-state index contributed by atoms with van der Waals surface area (Å²) in [6.45, 7) is 4.35. The minimum absolute atomic E-state index is 0.125. The minimum atomic E-state index is -0.125. The summed E-state index contributed by atoms with van der Waals surface area (Å²) in [6, 6.07) is 12.8. The normalized spacial score (nSPS) is 15.5. The summed E-state index contributed by atoms with van der Waals surface area (Å²) in [4.78, 5) is 14.6. The van der Waals surface area contributed by atoms with Gasteiger partial charge in [0.1, 0.15) is 16.7 Å². The summed E-state index contributed by atoms with van der Waals surface area (Å²) in [7, 11) is 0. The molecule has 1 amide bonds. The van der Waals surface area contributed by atoms with Crippen LogP contribution >= 0.6 is 47.2 Å². The number of thioether (sulfide) groups is 1. The zero-order chi connectivity index (χ0) is 19.4. The maximum absolute atomic E-state index is 12.5. The molecule has 1 saturated heterocycles. The van der Waals surface area contributed by atoms with Gasteiger partial charge in [0.25, 0.3) is 5.91 Å². The summed E-state index contributed by atoms with van der Waals surface area (Å²) < 4.78 is 6.46. The number of hydrogen-bond donors (Lipinski definition) is 0. The second kappa shape index (κ2) is 8.93. The van der Waals surface area contributed by atoms with Crippen molar-refractivity contribution in [3.8, 4) is 5.75 Å². The van der Waals surface area contributed by atoms with Crippen LogP contribution in [0.15, 0.2) is 60.0 Å². The number of para-hydroxylation sites is 1. The van der Waals surface area contributed by atoms with Crippen molar-refractivity contribution in [1.82, 2.24) is 4.90 Å². The van der Waals surface area contributed by atoms with E-state index in [0.717, 1.165) is 11.1 Å². The number of amides is 1. The maximum atomic E-state index is 12.5. The van der Waals surface area contributed by atoms with E-state index in [2.05, 4.69) is 6.58 Å². The first-order valence-electron chi connectivity index (χ1n) is 8.01. The van der Waals surface area contributed by atoms with Crippen molar-refractivity contribution in [2.75, 3.05) is 6.54 Å². The molecular weight excluding hydrogens is 421 g/mol. The molecule has 2 aromatic rings. The van der Waals surface area contributed by atoms with Gasteiger partial charge in [0.15, 0.2) is 0 Å². The lowest BCUT2D eigenvalue weighted by molar-refractivity contribution is -0.121. The number of halogens is 2. The van der Waals surface area contributed by atoms with Crippen LogP contribution in [0.1, 0.15) is 11.1 Å². The molecule has 0 unspecified atom stereocenters. The molecule has 1 heterocycles. The van der Waals surface area contributed by atoms with Crippen molar-refractivity contribution in [3.05, 3.63) is 81.2 Å². The number of hydrogen-bond acceptors (Lipinski definition) is 4. The molecule has 1 aliphatic heterocycles. The van der Waals surface area contributed by atoms with E-state index in [9.17, 15) is 4.79 Å². The van der Waals surface area contributed by atoms with Crippen LogP contribution < -0.4 is 4.74 Å². The van der Waals surface area contributed by atoms with Crippen LogP contribution in [-0.2, 0) is 11.4 Å². The quantitative estimate of drug-likeness (QED) is 0.318. The van der Waals surface area contributed by atoms with Crippen LogP contribution in [0.3, 0.4) is 0 Å². The topological polar surface area (TPSA) is 29.5 Å². The van der Waals surface area contributed by atoms with E-state index in [1.165, 1.54) is 16.7 Å². The fraction of sp³-hybridized carbons (Fsp3) is 0.100. The zero-order valence-corrected chi connectivity index (χ0v) is 17.3. The highest BCUT2D eigenvalue weighted by Crippen LogP contribution is 2.34. The molecule has 0 aromatic heterocycles. The van der Waals surface area contributed by atoms with Crippen molar-refractivity contribution in [2.24, 2.45) is 0 Å². The second-order valence-electron chi connectivity index (χ2n) is 5.64. The number of carbonyl (C=O) groups is 1. The van der Waals surface area contributed by atoms with Crippen LogP contribution in [0, 0.1) is 0 Å². The molecule has 138 valence electrons. The van der Waals surface area contributed by atoms with Crippen LogP contribution in [0.25, 0.3) is 6.08 Å². The van der Waals surface area contributed by atoms with Crippen LogP contribution in [0.4, 0.5) is 0 Å². The summed E-state index contributed by atoms with van der Waals surface area (Å²) in [5.41, 5.74) is 1.62. The Bertz CT molecular complexity index is 943. The average molecular weight is 436 g/mol. The van der Waals surface area contributed by atoms with Crippen molar-refractivity contribution in [3.63, 3.8) is 0 Å². The van der Waals surface area contributed by atoms with Crippen LogP contribution in [0.5, 0.6) is 5.75 Å². The Morgan fingerprint density at radius 1 is 1.22 bits per heavy atom. The number of thiocarbonyl (C=S) groups is 1. The Balaban J connectivity index is 1.81. The van der Waals surface area contributed by atoms with E-state index < -0.39 is 0 Å². The monoisotopic (exact) mass is 435 g/mol. The van der Waals surface area contributed by atoms with Gasteiger partial charge in [0.05, 0.1) is 4.91 Å². The standard InChI is InChI=1S/C20H15Cl2NO2S2/c1-2-9-23-19(24)18(27-20(23)26)10-13-5-3-4-6-17(13)25-12-14-7-8-15(21)11-16(14)22/h2-8,10-11H,1,9,12H2. The highest BCUT2D eigenvalue weighted by atomic mass is 35.5. The van der Waals surface area contributed by atoms with E-state index in [-0.39, 0.29) is 12.5 Å². The summed E-state index contributed by atoms with van der Waals surface area (Å²) in [5.74, 6) is 0.526. The van der Waals surface area contributed by atoms with Gasteiger partial charge in [-0.15, -0.1) is 6.58 Å². The Labute approximate surface area is 177 Å². The lowest BCUT2D eigenvalue weighted by Gasteiger charge is -2.11. The number of ether oxygens (including phenoxy) is 1. The highest BCUT2D eigenvalue weighted by Gasteiger charge is 2.31. The number of carbonyl (C=O) groups excluding carboxylic acids is 1. The van der Waals surface area contributed by atoms with E-state index >= 15 is 0 Å². The van der Waals surface area contributed by atoms with Gasteiger partial charge in [0.2, 0.25) is 0 Å². The third-order valence-corrected chi connectivity index (χ3v) is 5.75. The number of rotatable bonds is 6. The molecule has 0 atom stereocenters. The molecule has 7 heteroatoms. The summed E-state index contributed by atoms with van der Waals surface area (Å²) >= 11 is 18.7. The predicted molar refractivity (Wildman–Crippen MR) is 117 cm³/mol. The fourth-order valence-electron chi connectivity index (χ4n) is 2.45. The Morgan fingerprint density at radius 3 is 2.74 bits per heavy atom. The largest absolute Gasteiger partial charge is 0.488 e. The molecule has 27 heavy (non-hydrogen) atoms. The Kier molecular flexibility index (Phi) is 6.60. The van der Waals surface area contributed by atoms with Gasteiger partial charge < -0.3 is 4.74 Å². The fourth-order valence-corrected chi connectivity index (χ4v) is 4.18. The molecule has 0 bridgehead atoms. The minimum Gasteiger partial charge on any atom is -0.488 e. The second-order valence-corrected chi connectivity index (χ2v) is 8.16. The van der Waals surface area contributed by atoms with Gasteiger partial charge >= 0.3 is 0 Å². The highest BCUT2D eigenvalue weighted by molar-refractivity contribution is 8.26. The Morgan fingerprint density at radius 2 is 2.00 bits per heavy atom. The van der Waals surface area contributed by atoms with Crippen molar-refractivity contribution >= 4 is 63.5 Å². The molecular formula is C20H15Cl2NO2S2. The van der Waals surface area contributed by atoms with Gasteiger partial charge in [-0.25, -0.2) is 0 Å². The molecule has 0 saturated carbocycles. The first-order valence-corrected chi connectivity index (χ1v) is 9.99. The molecule has 0 spiro atoms. The van der Waals surface area contributed by atoms with Crippen molar-refractivity contribution < 1.29 is 9.53 Å². The SMILES string of the molecule is C=CCN1C(=O)C(=Cc2ccccc2OCc2ccc(Cl)cc2Cl)SC1=S. The predicted octanol–water partition coefficient (Wildman–Crippen LogP) is 5.96. The van der Waals surface area contributed by atoms with Gasteiger partial charge in [-0.2, -0.15) is 0 Å². The molecule has 3 rings (SSSR count). The van der Waals surface area contributed by atoms with Gasteiger partial charge in [-0.3, -0.25) is 9.69 Å². The van der Waals surface area contributed by atoms with E-state index in [1.807, 2.05) is 30.3 Å². The third kappa shape index (κ3) is 4.74. The smallest absolute Gasteiger partial charge is 0.266 e. The van der Waals surface area contributed by atoms with Crippen molar-refractivity contribution in [1.29, 1.82) is 0 Å². The van der Waals surface area contributed by atoms with Gasteiger partial charge in [0, 0.05) is 27.7 Å². The molecule has 1 fully saturated rings. The van der Waals surface area contributed by atoms with Gasteiger partial charge in [-0.05, 0) is 24.3 Å². The summed E-state index contributed by atoms with van der Waals surface area (Å²) in [5, 5.41) is 1.12. The maximum Gasteiger partial charge on any atom is 0.266 e. The van der Waals surface area contributed by atoms with Crippen LogP contribution in [0.2, 0.25) is 10.0 Å². The van der Waals surface area contributed by atoms with Crippen LogP contribution in [-0.4, -0.2) is 21.7 Å². The Hall–Kier alpha value is -1.79. The molecule has 0 aliphatic carbocycles. The zero-order valence-electron chi connectivity index (χ0n) is 14.2. The summed E-state index contributed by atoms with van der Waals surface area (Å²) in [6.07, 6.45) is 3.45. The number of nitrogens with zero attached hydrogens (tertiary/aromatic N) is 1. The lowest BCUT2D eigenvalue weighted by Crippen LogP contribution is -2.27. The van der Waals surface area contributed by atoms with Crippen molar-refractivity contribution in [2.45, 2.75) is 6.61 Å². The first kappa shape index (κ1) is 20.0.